The van der Waals surface area contributed by atoms with E-state index in [9.17, 15) is 13.2 Å². The Morgan fingerprint density at radius 3 is 2.29 bits per heavy atom. The van der Waals surface area contributed by atoms with Crippen LogP contribution < -0.4 is 0 Å². The van der Waals surface area contributed by atoms with Crippen LogP contribution in [0.3, 0.4) is 0 Å². The number of hydrogen-bond donors (Lipinski definition) is 0. The number of hydrogen-bond acceptors (Lipinski definition) is 1. The zero-order chi connectivity index (χ0) is 13.1. The Bertz CT molecular complexity index is 381. The second-order valence-corrected chi connectivity index (χ2v) is 5.16. The van der Waals surface area contributed by atoms with Crippen molar-refractivity contribution in [3.8, 4) is 0 Å². The number of rotatable bonds is 4. The summed E-state index contributed by atoms with van der Waals surface area (Å²) in [5, 5.41) is 0.276. The van der Waals surface area contributed by atoms with Crippen molar-refractivity contribution in [1.29, 1.82) is 0 Å². The quantitative estimate of drug-likeness (QED) is 0.696. The van der Waals surface area contributed by atoms with Gasteiger partial charge in [-0.1, -0.05) is 50.1 Å². The fourth-order valence-electron chi connectivity index (χ4n) is 1.32. The molecular weight excluding hydrogens is 365 g/mol. The van der Waals surface area contributed by atoms with Crippen molar-refractivity contribution >= 4 is 31.9 Å². The summed E-state index contributed by atoms with van der Waals surface area (Å²) >= 11 is 6.51. The van der Waals surface area contributed by atoms with Gasteiger partial charge in [0.15, 0.2) is 0 Å². The fraction of sp³-hybridized carbons (Fsp3) is 0.455. The molecule has 96 valence electrons. The molecule has 1 aromatic carbocycles. The van der Waals surface area contributed by atoms with Crippen molar-refractivity contribution in [2.75, 3.05) is 11.9 Å². The summed E-state index contributed by atoms with van der Waals surface area (Å²) in [5.74, 6) is 0. The molecule has 0 fully saturated rings. The lowest BCUT2D eigenvalue weighted by molar-refractivity contribution is -0.200. The Morgan fingerprint density at radius 2 is 1.82 bits per heavy atom. The number of benzene rings is 1. The first-order valence-electron chi connectivity index (χ1n) is 4.80. The molecule has 0 aliphatic carbocycles. The maximum absolute atomic E-state index is 12.2. The Labute approximate surface area is 115 Å². The zero-order valence-corrected chi connectivity index (χ0v) is 12.2. The van der Waals surface area contributed by atoms with Crippen molar-refractivity contribution in [3.05, 3.63) is 34.3 Å². The Kier molecular flexibility index (Phi) is 5.04. The first-order valence-corrected chi connectivity index (χ1v) is 6.71. The predicted molar refractivity (Wildman–Crippen MR) is 67.3 cm³/mol. The highest BCUT2D eigenvalue weighted by Gasteiger charge is 2.35. The van der Waals surface area contributed by atoms with E-state index in [1.165, 1.54) is 0 Å². The molecule has 1 atom stereocenters. The Balaban J connectivity index is 2.93. The molecule has 0 amide bonds. The van der Waals surface area contributed by atoms with Crippen LogP contribution in [0.1, 0.15) is 12.5 Å². The maximum atomic E-state index is 12.2. The number of halogens is 5. The third kappa shape index (κ3) is 4.26. The first-order chi connectivity index (χ1) is 7.78. The molecule has 1 rings (SSSR count). The van der Waals surface area contributed by atoms with Crippen molar-refractivity contribution in [1.82, 2.24) is 0 Å². The third-order valence-electron chi connectivity index (χ3n) is 2.25. The largest absolute Gasteiger partial charge is 0.411 e. The molecule has 17 heavy (non-hydrogen) atoms. The molecule has 0 spiro atoms. The van der Waals surface area contributed by atoms with E-state index in [1.54, 1.807) is 31.2 Å². The van der Waals surface area contributed by atoms with Crippen LogP contribution in [-0.2, 0) is 10.3 Å². The van der Waals surface area contributed by atoms with Gasteiger partial charge in [0.05, 0.1) is 0 Å². The van der Waals surface area contributed by atoms with Crippen LogP contribution in [0.2, 0.25) is 0 Å². The van der Waals surface area contributed by atoms with Gasteiger partial charge in [0.25, 0.3) is 0 Å². The van der Waals surface area contributed by atoms with Crippen LogP contribution in [0.15, 0.2) is 28.7 Å². The molecule has 1 aromatic rings. The van der Waals surface area contributed by atoms with E-state index in [0.29, 0.717) is 5.56 Å². The molecule has 6 heteroatoms. The molecule has 1 unspecified atom stereocenters. The second kappa shape index (κ2) is 5.71. The minimum atomic E-state index is -4.33. The molecule has 0 saturated heterocycles. The SMILES string of the molecule is CC(CBr)(OCC(F)(F)F)c1ccccc1Br. The maximum Gasteiger partial charge on any atom is 0.411 e. The number of ether oxygens (including phenoxy) is 1. The topological polar surface area (TPSA) is 9.23 Å². The molecule has 0 radical (unpaired) electrons. The number of alkyl halides is 4. The van der Waals surface area contributed by atoms with E-state index in [2.05, 4.69) is 31.9 Å². The lowest BCUT2D eigenvalue weighted by Gasteiger charge is -2.29. The van der Waals surface area contributed by atoms with Gasteiger partial charge in [-0.15, -0.1) is 0 Å². The van der Waals surface area contributed by atoms with Gasteiger partial charge in [-0.05, 0) is 18.6 Å². The molecule has 1 nitrogen and oxygen atoms in total. The predicted octanol–water partition coefficient (Wildman–Crippen LogP) is 4.64. The van der Waals surface area contributed by atoms with Gasteiger partial charge in [0, 0.05) is 9.80 Å². The highest BCUT2D eigenvalue weighted by Crippen LogP contribution is 2.34. The normalized spacial score (nSPS) is 15.6. The molecule has 0 aliphatic rings. The van der Waals surface area contributed by atoms with Crippen LogP contribution in [0.4, 0.5) is 13.2 Å². The van der Waals surface area contributed by atoms with Crippen molar-refractivity contribution < 1.29 is 17.9 Å². The van der Waals surface area contributed by atoms with Crippen molar-refractivity contribution in [2.45, 2.75) is 18.7 Å². The molecule has 0 aliphatic heterocycles. The lowest BCUT2D eigenvalue weighted by atomic mass is 9.98. The molecule has 0 heterocycles. The third-order valence-corrected chi connectivity index (χ3v) is 4.01. The lowest BCUT2D eigenvalue weighted by Crippen LogP contribution is -2.33. The summed E-state index contributed by atoms with van der Waals surface area (Å²) in [6, 6.07) is 7.07. The van der Waals surface area contributed by atoms with Crippen LogP contribution in [0, 0.1) is 0 Å². The molecule has 0 bridgehead atoms. The average molecular weight is 376 g/mol. The monoisotopic (exact) mass is 374 g/mol. The van der Waals surface area contributed by atoms with Crippen LogP contribution >= 0.6 is 31.9 Å². The van der Waals surface area contributed by atoms with E-state index in [4.69, 9.17) is 4.74 Å². The van der Waals surface area contributed by atoms with E-state index >= 15 is 0 Å². The summed E-state index contributed by atoms with van der Waals surface area (Å²) in [6.45, 7) is 0.351. The molecule has 0 aromatic heterocycles. The van der Waals surface area contributed by atoms with E-state index in [0.717, 1.165) is 4.47 Å². The summed E-state index contributed by atoms with van der Waals surface area (Å²) in [5.41, 5.74) is -0.337. The van der Waals surface area contributed by atoms with Gasteiger partial charge in [0.2, 0.25) is 0 Å². The van der Waals surface area contributed by atoms with Crippen molar-refractivity contribution in [2.24, 2.45) is 0 Å². The minimum Gasteiger partial charge on any atom is -0.360 e. The standard InChI is InChI=1S/C11H11Br2F3O/c1-10(6-12,17-7-11(14,15)16)8-4-2-3-5-9(8)13/h2-5H,6-7H2,1H3. The van der Waals surface area contributed by atoms with Gasteiger partial charge < -0.3 is 4.74 Å². The van der Waals surface area contributed by atoms with E-state index in [1.807, 2.05) is 0 Å². The van der Waals surface area contributed by atoms with Gasteiger partial charge in [-0.2, -0.15) is 13.2 Å². The average Bonchev–Trinajstić information content (AvgIpc) is 2.26. The van der Waals surface area contributed by atoms with Gasteiger partial charge in [-0.3, -0.25) is 0 Å². The Hall–Kier alpha value is -0.0700. The molecular formula is C11H11Br2F3O. The first kappa shape index (κ1) is 15.0. The molecule has 0 saturated carbocycles. The fourth-order valence-corrected chi connectivity index (χ4v) is 2.49. The van der Waals surface area contributed by atoms with Gasteiger partial charge >= 0.3 is 6.18 Å². The summed E-state index contributed by atoms with van der Waals surface area (Å²) in [7, 11) is 0. The van der Waals surface area contributed by atoms with Gasteiger partial charge in [-0.25, -0.2) is 0 Å². The van der Waals surface area contributed by atoms with Crippen LogP contribution in [-0.4, -0.2) is 18.1 Å². The van der Waals surface area contributed by atoms with E-state index in [-0.39, 0.29) is 5.33 Å². The smallest absolute Gasteiger partial charge is 0.360 e. The highest BCUT2D eigenvalue weighted by atomic mass is 79.9. The van der Waals surface area contributed by atoms with Crippen LogP contribution in [0.25, 0.3) is 0 Å². The second-order valence-electron chi connectivity index (χ2n) is 3.75. The van der Waals surface area contributed by atoms with Gasteiger partial charge in [0.1, 0.15) is 12.2 Å². The van der Waals surface area contributed by atoms with E-state index < -0.39 is 18.4 Å². The van der Waals surface area contributed by atoms with Crippen molar-refractivity contribution in [3.63, 3.8) is 0 Å². The Morgan fingerprint density at radius 1 is 1.24 bits per heavy atom. The summed E-state index contributed by atoms with van der Waals surface area (Å²) in [4.78, 5) is 0. The van der Waals surface area contributed by atoms with Crippen LogP contribution in [0.5, 0.6) is 0 Å². The molecule has 0 N–H and O–H groups in total. The summed E-state index contributed by atoms with van der Waals surface area (Å²) in [6.07, 6.45) is -4.33. The summed E-state index contributed by atoms with van der Waals surface area (Å²) < 4.78 is 42.3. The zero-order valence-electron chi connectivity index (χ0n) is 9.02. The highest BCUT2D eigenvalue weighted by molar-refractivity contribution is 9.10. The minimum absolute atomic E-state index is 0.276.